The van der Waals surface area contributed by atoms with Crippen LogP contribution in [0, 0.1) is 0 Å². The van der Waals surface area contributed by atoms with Crippen molar-refractivity contribution < 1.29 is 19.8 Å². The fourth-order valence-corrected chi connectivity index (χ4v) is 1.54. The Balaban J connectivity index is 2.72. The molecule has 0 saturated heterocycles. The highest BCUT2D eigenvalue weighted by Gasteiger charge is 2.10. The Morgan fingerprint density at radius 3 is 2.31 bits per heavy atom. The first-order valence-electron chi connectivity index (χ1n) is 5.04. The van der Waals surface area contributed by atoms with Gasteiger partial charge >= 0.3 is 5.97 Å². The number of aliphatic hydroxyl groups is 1. The molecule has 0 aromatic heterocycles. The minimum absolute atomic E-state index is 0.0180. The molecule has 1 aromatic rings. The van der Waals surface area contributed by atoms with Gasteiger partial charge in [-0.05, 0) is 17.5 Å². The van der Waals surface area contributed by atoms with Crippen LogP contribution in [0.3, 0.4) is 0 Å². The first-order chi connectivity index (χ1) is 7.63. The number of aliphatic carboxylic acids is 1. The molecule has 4 nitrogen and oxygen atoms in total. The number of carbonyl (C=O) groups is 2. The van der Waals surface area contributed by atoms with Crippen molar-refractivity contribution in [3.05, 3.63) is 35.4 Å². The van der Waals surface area contributed by atoms with Crippen molar-refractivity contribution in [2.45, 2.75) is 19.3 Å². The van der Waals surface area contributed by atoms with Crippen LogP contribution < -0.4 is 0 Å². The minimum atomic E-state index is -1.11. The molecule has 0 radical (unpaired) electrons. The van der Waals surface area contributed by atoms with E-state index in [2.05, 4.69) is 0 Å². The molecule has 0 bridgehead atoms. The molecule has 0 unspecified atom stereocenters. The summed E-state index contributed by atoms with van der Waals surface area (Å²) in [5.41, 5.74) is 1.69. The Labute approximate surface area is 93.5 Å². The summed E-state index contributed by atoms with van der Waals surface area (Å²) in [5, 5.41) is 17.3. The number of benzene rings is 1. The first-order valence-corrected chi connectivity index (χ1v) is 5.04. The summed E-state index contributed by atoms with van der Waals surface area (Å²) in [6.45, 7) is 0.0180. The first kappa shape index (κ1) is 12.4. The van der Waals surface area contributed by atoms with Crippen LogP contribution in [0.4, 0.5) is 0 Å². The zero-order valence-corrected chi connectivity index (χ0v) is 8.85. The van der Waals surface area contributed by atoms with E-state index in [1.54, 1.807) is 12.1 Å². The van der Waals surface area contributed by atoms with E-state index in [0.29, 0.717) is 6.42 Å². The molecule has 2 N–H and O–H groups in total. The van der Waals surface area contributed by atoms with Gasteiger partial charge in [-0.15, -0.1) is 0 Å². The number of carboxylic acid groups (broad SMARTS) is 1. The monoisotopic (exact) mass is 222 g/mol. The molecule has 1 aromatic carbocycles. The third kappa shape index (κ3) is 3.82. The lowest BCUT2D eigenvalue weighted by atomic mass is 9.99. The van der Waals surface area contributed by atoms with Crippen molar-refractivity contribution in [1.29, 1.82) is 0 Å². The van der Waals surface area contributed by atoms with Gasteiger partial charge in [0.2, 0.25) is 0 Å². The van der Waals surface area contributed by atoms with Gasteiger partial charge in [-0.2, -0.15) is 0 Å². The lowest BCUT2D eigenvalue weighted by Crippen LogP contribution is -2.11. The summed E-state index contributed by atoms with van der Waals surface area (Å²) in [6.07, 6.45) is 0.145. The number of ketones is 1. The zero-order valence-electron chi connectivity index (χ0n) is 8.85. The summed E-state index contributed by atoms with van der Waals surface area (Å²) in [7, 11) is 0. The van der Waals surface area contributed by atoms with E-state index in [4.69, 9.17) is 10.2 Å². The van der Waals surface area contributed by atoms with Gasteiger partial charge in [-0.25, -0.2) is 0 Å². The molecule has 0 atom stereocenters. The smallest absolute Gasteiger partial charge is 0.310 e. The van der Waals surface area contributed by atoms with Crippen molar-refractivity contribution >= 4 is 11.8 Å². The number of carbonyl (C=O) groups excluding carboxylic acids is 1. The number of carboxylic acids is 1. The van der Waals surface area contributed by atoms with Gasteiger partial charge in [0, 0.05) is 13.0 Å². The number of aliphatic hydroxyl groups excluding tert-OH is 1. The highest BCUT2D eigenvalue weighted by atomic mass is 16.4. The second-order valence-electron chi connectivity index (χ2n) is 3.53. The molecule has 0 spiro atoms. The Kier molecular flexibility index (Phi) is 4.66. The summed E-state index contributed by atoms with van der Waals surface area (Å²) < 4.78 is 0. The Bertz CT molecular complexity index is 384. The number of hydrogen-bond donors (Lipinski definition) is 2. The molecule has 0 aliphatic rings. The third-order valence-electron chi connectivity index (χ3n) is 2.24. The highest BCUT2D eigenvalue weighted by Crippen LogP contribution is 2.11. The van der Waals surface area contributed by atoms with Crippen LogP contribution in [0.25, 0.3) is 0 Å². The Hall–Kier alpha value is -1.68. The summed E-state index contributed by atoms with van der Waals surface area (Å²) in [5.74, 6) is -1.43. The molecule has 16 heavy (non-hydrogen) atoms. The highest BCUT2D eigenvalue weighted by molar-refractivity contribution is 5.95. The maximum atomic E-state index is 11.3. The lowest BCUT2D eigenvalue weighted by molar-refractivity contribution is -0.140. The molecule has 0 saturated carbocycles. The molecule has 0 heterocycles. The molecule has 0 aliphatic heterocycles. The molecular weight excluding hydrogens is 208 g/mol. The quantitative estimate of drug-likeness (QED) is 0.698. The van der Waals surface area contributed by atoms with Gasteiger partial charge in [0.1, 0.15) is 12.2 Å². The van der Waals surface area contributed by atoms with E-state index in [1.165, 1.54) is 0 Å². The molecule has 0 fully saturated rings. The van der Waals surface area contributed by atoms with E-state index < -0.39 is 12.4 Å². The predicted molar refractivity (Wildman–Crippen MR) is 58.2 cm³/mol. The maximum Gasteiger partial charge on any atom is 0.310 e. The van der Waals surface area contributed by atoms with Crippen LogP contribution in [0.5, 0.6) is 0 Å². The topological polar surface area (TPSA) is 74.6 Å². The fourth-order valence-electron chi connectivity index (χ4n) is 1.54. The Morgan fingerprint density at radius 1 is 1.12 bits per heavy atom. The van der Waals surface area contributed by atoms with Gasteiger partial charge in [-0.3, -0.25) is 9.59 Å². The standard InChI is InChI=1S/C12H14O4/c13-6-5-9-3-1-2-4-10(9)7-11(14)8-12(15)16/h1-4,13H,5-8H2,(H,15,16). The van der Waals surface area contributed by atoms with E-state index in [9.17, 15) is 9.59 Å². The molecule has 86 valence electrons. The van der Waals surface area contributed by atoms with Gasteiger partial charge in [0.05, 0.1) is 0 Å². The number of Topliss-reactive ketones (excluding diaryl/α,β-unsaturated/α-hetero) is 1. The number of rotatable bonds is 6. The van der Waals surface area contributed by atoms with Crippen LogP contribution >= 0.6 is 0 Å². The largest absolute Gasteiger partial charge is 0.481 e. The molecule has 4 heteroatoms. The molecule has 0 amide bonds. The normalized spacial score (nSPS) is 10.1. The molecule has 0 aliphatic carbocycles. The minimum Gasteiger partial charge on any atom is -0.481 e. The summed E-state index contributed by atoms with van der Waals surface area (Å²) in [6, 6.07) is 7.24. The average Bonchev–Trinajstić information content (AvgIpc) is 2.20. The van der Waals surface area contributed by atoms with E-state index in [0.717, 1.165) is 11.1 Å². The fraction of sp³-hybridized carbons (Fsp3) is 0.333. The van der Waals surface area contributed by atoms with Crippen molar-refractivity contribution in [3.63, 3.8) is 0 Å². The number of hydrogen-bond acceptors (Lipinski definition) is 3. The lowest BCUT2D eigenvalue weighted by Gasteiger charge is -2.06. The average molecular weight is 222 g/mol. The van der Waals surface area contributed by atoms with Crippen LogP contribution in [0.2, 0.25) is 0 Å². The van der Waals surface area contributed by atoms with Crippen molar-refractivity contribution in [2.75, 3.05) is 6.61 Å². The second-order valence-corrected chi connectivity index (χ2v) is 3.53. The van der Waals surface area contributed by atoms with Gasteiger partial charge in [0.15, 0.2) is 0 Å². The van der Waals surface area contributed by atoms with Crippen LogP contribution in [0.1, 0.15) is 17.5 Å². The van der Waals surface area contributed by atoms with E-state index >= 15 is 0 Å². The molecule has 1 rings (SSSR count). The van der Waals surface area contributed by atoms with Crippen LogP contribution in [-0.2, 0) is 22.4 Å². The van der Waals surface area contributed by atoms with Gasteiger partial charge < -0.3 is 10.2 Å². The summed E-state index contributed by atoms with van der Waals surface area (Å²) >= 11 is 0. The maximum absolute atomic E-state index is 11.3. The predicted octanol–water partition coefficient (Wildman–Crippen LogP) is 0.808. The van der Waals surface area contributed by atoms with Crippen LogP contribution in [0.15, 0.2) is 24.3 Å². The second kappa shape index (κ2) is 6.02. The van der Waals surface area contributed by atoms with Crippen molar-refractivity contribution in [2.24, 2.45) is 0 Å². The van der Waals surface area contributed by atoms with E-state index in [-0.39, 0.29) is 18.8 Å². The van der Waals surface area contributed by atoms with Crippen molar-refractivity contribution in [3.8, 4) is 0 Å². The van der Waals surface area contributed by atoms with Crippen LogP contribution in [-0.4, -0.2) is 28.6 Å². The van der Waals surface area contributed by atoms with Gasteiger partial charge in [0.25, 0.3) is 0 Å². The van der Waals surface area contributed by atoms with Crippen molar-refractivity contribution in [1.82, 2.24) is 0 Å². The molecular formula is C12H14O4. The van der Waals surface area contributed by atoms with E-state index in [1.807, 2.05) is 12.1 Å². The summed E-state index contributed by atoms with van der Waals surface area (Å²) in [4.78, 5) is 21.7. The van der Waals surface area contributed by atoms with Gasteiger partial charge in [-0.1, -0.05) is 24.3 Å². The SMILES string of the molecule is O=C(O)CC(=O)Cc1ccccc1CCO. The Morgan fingerprint density at radius 2 is 1.75 bits per heavy atom. The zero-order chi connectivity index (χ0) is 12.0. The third-order valence-corrected chi connectivity index (χ3v) is 2.24.